The summed E-state index contributed by atoms with van der Waals surface area (Å²) < 4.78 is 42.3. The summed E-state index contributed by atoms with van der Waals surface area (Å²) in [5.74, 6) is 0. The zero-order valence-electron chi connectivity index (χ0n) is 8.86. The number of aliphatic imine (C=N–C) groups is 1. The van der Waals surface area contributed by atoms with Crippen LogP contribution in [0, 0.1) is 0 Å². The van der Waals surface area contributed by atoms with Crippen molar-refractivity contribution in [2.75, 3.05) is 13.7 Å². The minimum atomic E-state index is -4.48. The van der Waals surface area contributed by atoms with Crippen molar-refractivity contribution in [1.29, 1.82) is 0 Å². The molecule has 0 bridgehead atoms. The standard InChI is InChI=1S/C10H11ClF3NO/c1-6-3-7(5-16-2)8(11)4-9(15-6)10(12,13)14/h4H,3,5H2,1-2H3. The summed E-state index contributed by atoms with van der Waals surface area (Å²) in [6.07, 6.45) is -3.35. The predicted octanol–water partition coefficient (Wildman–Crippen LogP) is 3.44. The van der Waals surface area contributed by atoms with E-state index in [0.717, 1.165) is 6.08 Å². The Bertz CT molecular complexity index is 369. The number of methoxy groups -OCH3 is 1. The molecule has 1 aliphatic heterocycles. The molecule has 0 amide bonds. The lowest BCUT2D eigenvalue weighted by atomic mass is 10.1. The van der Waals surface area contributed by atoms with Gasteiger partial charge in [0, 0.05) is 24.3 Å². The smallest absolute Gasteiger partial charge is 0.380 e. The lowest BCUT2D eigenvalue weighted by Gasteiger charge is -2.06. The van der Waals surface area contributed by atoms with Crippen LogP contribution in [0.5, 0.6) is 0 Å². The fourth-order valence-electron chi connectivity index (χ4n) is 1.33. The van der Waals surface area contributed by atoms with Gasteiger partial charge in [-0.05, 0) is 18.6 Å². The van der Waals surface area contributed by atoms with Gasteiger partial charge in [-0.15, -0.1) is 0 Å². The van der Waals surface area contributed by atoms with Gasteiger partial charge < -0.3 is 4.74 Å². The predicted molar refractivity (Wildman–Crippen MR) is 56.6 cm³/mol. The van der Waals surface area contributed by atoms with Gasteiger partial charge in [-0.2, -0.15) is 13.2 Å². The Labute approximate surface area is 96.4 Å². The van der Waals surface area contributed by atoms with E-state index >= 15 is 0 Å². The van der Waals surface area contributed by atoms with Gasteiger partial charge in [0.1, 0.15) is 5.70 Å². The Morgan fingerprint density at radius 2 is 2.12 bits per heavy atom. The molecule has 2 nitrogen and oxygen atoms in total. The van der Waals surface area contributed by atoms with Crippen LogP contribution in [-0.2, 0) is 4.74 Å². The summed E-state index contributed by atoms with van der Waals surface area (Å²) >= 11 is 5.78. The summed E-state index contributed by atoms with van der Waals surface area (Å²) in [6.45, 7) is 1.73. The van der Waals surface area contributed by atoms with E-state index in [2.05, 4.69) is 4.99 Å². The van der Waals surface area contributed by atoms with Gasteiger partial charge in [-0.1, -0.05) is 11.6 Å². The largest absolute Gasteiger partial charge is 0.433 e. The lowest BCUT2D eigenvalue weighted by molar-refractivity contribution is -0.0923. The molecular formula is C10H11ClF3NO. The molecule has 1 rings (SSSR count). The van der Waals surface area contributed by atoms with E-state index in [1.165, 1.54) is 14.0 Å². The Morgan fingerprint density at radius 1 is 1.50 bits per heavy atom. The molecule has 1 heterocycles. The summed E-state index contributed by atoms with van der Waals surface area (Å²) in [7, 11) is 1.46. The van der Waals surface area contributed by atoms with Crippen molar-refractivity contribution < 1.29 is 17.9 Å². The fourth-order valence-corrected chi connectivity index (χ4v) is 1.56. The van der Waals surface area contributed by atoms with Gasteiger partial charge in [0.2, 0.25) is 0 Å². The van der Waals surface area contributed by atoms with Crippen LogP contribution in [0.3, 0.4) is 0 Å². The zero-order chi connectivity index (χ0) is 12.3. The summed E-state index contributed by atoms with van der Waals surface area (Å²) in [6, 6.07) is 0. The maximum Gasteiger partial charge on any atom is 0.433 e. The van der Waals surface area contributed by atoms with Crippen molar-refractivity contribution in [2.45, 2.75) is 19.5 Å². The Kier molecular flexibility index (Phi) is 4.15. The highest BCUT2D eigenvalue weighted by molar-refractivity contribution is 6.32. The van der Waals surface area contributed by atoms with Crippen LogP contribution in [0.2, 0.25) is 0 Å². The molecule has 0 radical (unpaired) electrons. The average molecular weight is 254 g/mol. The van der Waals surface area contributed by atoms with Crippen LogP contribution in [0.25, 0.3) is 0 Å². The Balaban J connectivity index is 3.13. The monoisotopic (exact) mass is 253 g/mol. The summed E-state index contributed by atoms with van der Waals surface area (Å²) in [4.78, 5) is 3.50. The van der Waals surface area contributed by atoms with Crippen LogP contribution in [-0.4, -0.2) is 25.6 Å². The molecule has 0 aliphatic carbocycles. The highest BCUT2D eigenvalue weighted by Crippen LogP contribution is 2.32. The molecule has 0 saturated carbocycles. The highest BCUT2D eigenvalue weighted by atomic mass is 35.5. The molecule has 16 heavy (non-hydrogen) atoms. The van der Waals surface area contributed by atoms with Crippen LogP contribution >= 0.6 is 11.6 Å². The number of halogens is 4. The van der Waals surface area contributed by atoms with E-state index < -0.39 is 11.9 Å². The molecule has 0 atom stereocenters. The van der Waals surface area contributed by atoms with E-state index in [1.807, 2.05) is 0 Å². The number of alkyl halides is 3. The van der Waals surface area contributed by atoms with Crippen LogP contribution in [0.4, 0.5) is 13.2 Å². The molecular weight excluding hydrogens is 243 g/mol. The van der Waals surface area contributed by atoms with Gasteiger partial charge in [0.25, 0.3) is 0 Å². The van der Waals surface area contributed by atoms with Gasteiger partial charge in [-0.3, -0.25) is 4.99 Å². The molecule has 0 spiro atoms. The van der Waals surface area contributed by atoms with Crippen LogP contribution in [0.15, 0.2) is 27.4 Å². The molecule has 0 aromatic carbocycles. The maximum absolute atomic E-state index is 12.5. The molecule has 0 fully saturated rings. The highest BCUT2D eigenvalue weighted by Gasteiger charge is 2.35. The molecule has 0 N–H and O–H groups in total. The first kappa shape index (κ1) is 13.3. The molecule has 6 heteroatoms. The second kappa shape index (κ2) is 5.01. The zero-order valence-corrected chi connectivity index (χ0v) is 9.61. The van der Waals surface area contributed by atoms with Gasteiger partial charge in [-0.25, -0.2) is 0 Å². The number of hydrogen-bond donors (Lipinski definition) is 0. The number of nitrogens with zero attached hydrogens (tertiary/aromatic N) is 1. The molecule has 0 aromatic rings. The van der Waals surface area contributed by atoms with Crippen molar-refractivity contribution >= 4 is 17.3 Å². The van der Waals surface area contributed by atoms with Gasteiger partial charge in [0.15, 0.2) is 0 Å². The third-order valence-electron chi connectivity index (χ3n) is 1.99. The first-order valence-corrected chi connectivity index (χ1v) is 4.92. The first-order chi connectivity index (χ1) is 7.34. The first-order valence-electron chi connectivity index (χ1n) is 4.54. The Morgan fingerprint density at radius 3 is 2.62 bits per heavy atom. The Hall–Kier alpha value is -0.810. The van der Waals surface area contributed by atoms with E-state index in [9.17, 15) is 13.2 Å². The van der Waals surface area contributed by atoms with E-state index in [1.54, 1.807) is 0 Å². The number of rotatable bonds is 2. The third-order valence-corrected chi connectivity index (χ3v) is 2.37. The van der Waals surface area contributed by atoms with Crippen molar-refractivity contribution in [3.8, 4) is 0 Å². The summed E-state index contributed by atoms with van der Waals surface area (Å²) in [5.41, 5.74) is -0.00274. The number of hydrogen-bond acceptors (Lipinski definition) is 2. The van der Waals surface area contributed by atoms with Crippen LogP contribution < -0.4 is 0 Å². The fraction of sp³-hybridized carbons (Fsp3) is 0.500. The molecule has 1 aliphatic rings. The van der Waals surface area contributed by atoms with E-state index in [0.29, 0.717) is 17.7 Å². The van der Waals surface area contributed by atoms with Crippen molar-refractivity contribution in [2.24, 2.45) is 4.99 Å². The normalized spacial score (nSPS) is 18.1. The topological polar surface area (TPSA) is 21.6 Å². The minimum Gasteiger partial charge on any atom is -0.380 e. The lowest BCUT2D eigenvalue weighted by Crippen LogP contribution is -2.11. The quantitative estimate of drug-likeness (QED) is 0.739. The van der Waals surface area contributed by atoms with E-state index in [-0.39, 0.29) is 11.6 Å². The number of allylic oxidation sites excluding steroid dienone is 3. The average Bonchev–Trinajstić information content (AvgIpc) is 2.26. The molecule has 0 saturated heterocycles. The second-order valence-electron chi connectivity index (χ2n) is 3.44. The molecule has 0 aromatic heterocycles. The summed E-state index contributed by atoms with van der Waals surface area (Å²) in [5, 5.41) is 0.0507. The molecule has 90 valence electrons. The van der Waals surface area contributed by atoms with Crippen molar-refractivity contribution in [1.82, 2.24) is 0 Å². The van der Waals surface area contributed by atoms with E-state index in [4.69, 9.17) is 16.3 Å². The third kappa shape index (κ3) is 3.35. The maximum atomic E-state index is 12.5. The minimum absolute atomic E-state index is 0.0507. The van der Waals surface area contributed by atoms with Gasteiger partial charge >= 0.3 is 6.18 Å². The van der Waals surface area contributed by atoms with Gasteiger partial charge in [0.05, 0.1) is 6.61 Å². The van der Waals surface area contributed by atoms with Crippen molar-refractivity contribution in [3.05, 3.63) is 22.4 Å². The van der Waals surface area contributed by atoms with Crippen LogP contribution in [0.1, 0.15) is 13.3 Å². The molecule has 0 unspecified atom stereocenters. The van der Waals surface area contributed by atoms with Crippen molar-refractivity contribution in [3.63, 3.8) is 0 Å². The second-order valence-corrected chi connectivity index (χ2v) is 3.84. The SMILES string of the molecule is COCC1=C(Cl)C=C(C(F)(F)F)N=C(C)C1. The number of ether oxygens (including phenoxy) is 1.